The van der Waals surface area contributed by atoms with Crippen molar-refractivity contribution >= 4 is 17.3 Å². The summed E-state index contributed by atoms with van der Waals surface area (Å²) in [4.78, 5) is 2.16. The van der Waals surface area contributed by atoms with Gasteiger partial charge in [-0.05, 0) is 49.7 Å². The van der Waals surface area contributed by atoms with E-state index in [0.717, 1.165) is 17.8 Å². The Morgan fingerprint density at radius 2 is 1.86 bits per heavy atom. The second kappa shape index (κ2) is 6.92. The predicted molar refractivity (Wildman–Crippen MR) is 87.4 cm³/mol. The van der Waals surface area contributed by atoms with Gasteiger partial charge in [0.15, 0.2) is 0 Å². The molecule has 0 aliphatic rings. The molecule has 2 N–H and O–H groups in total. The van der Waals surface area contributed by atoms with Crippen LogP contribution in [0.5, 0.6) is 0 Å². The van der Waals surface area contributed by atoms with E-state index >= 15 is 0 Å². The highest BCUT2D eigenvalue weighted by Gasteiger charge is 2.19. The molecule has 0 fully saturated rings. The van der Waals surface area contributed by atoms with Crippen LogP contribution in [0.3, 0.4) is 0 Å². The van der Waals surface area contributed by atoms with E-state index in [1.54, 1.807) is 6.07 Å². The number of nitrogens with two attached hydrogens (primary N) is 1. The van der Waals surface area contributed by atoms with Crippen LogP contribution in [-0.4, -0.2) is 13.1 Å². The second-order valence-corrected chi connectivity index (χ2v) is 5.51. The van der Waals surface area contributed by atoms with Crippen LogP contribution in [0.2, 0.25) is 5.02 Å². The number of aryl methyl sites for hydroxylation is 1. The van der Waals surface area contributed by atoms with Gasteiger partial charge in [-0.15, -0.1) is 0 Å². The average molecular weight is 307 g/mol. The fourth-order valence-electron chi connectivity index (χ4n) is 2.53. The molecule has 1 atom stereocenters. The third-order valence-corrected chi connectivity index (χ3v) is 3.79. The largest absolute Gasteiger partial charge is 0.363 e. The van der Waals surface area contributed by atoms with Gasteiger partial charge in [-0.2, -0.15) is 0 Å². The first-order valence-corrected chi connectivity index (χ1v) is 7.42. The highest BCUT2D eigenvalue weighted by atomic mass is 35.5. The number of benzene rings is 2. The zero-order valence-electron chi connectivity index (χ0n) is 12.3. The number of likely N-dealkylation sites (N-methyl/N-ethyl adjacent to an activating group) is 1. The average Bonchev–Trinajstić information content (AvgIpc) is 2.44. The highest BCUT2D eigenvalue weighted by molar-refractivity contribution is 6.30. The smallest absolute Gasteiger partial charge is 0.125 e. The normalized spacial score (nSPS) is 12.2. The Bertz CT molecular complexity index is 578. The predicted octanol–water partition coefficient (Wildman–Crippen LogP) is 4.31. The number of rotatable bonds is 5. The molecule has 2 rings (SSSR count). The lowest BCUT2D eigenvalue weighted by Crippen LogP contribution is -2.33. The third kappa shape index (κ3) is 3.74. The fraction of sp³-hybridized carbons (Fsp3) is 0.294. The van der Waals surface area contributed by atoms with Crippen LogP contribution in [0.15, 0.2) is 42.5 Å². The van der Waals surface area contributed by atoms with Crippen molar-refractivity contribution in [3.05, 3.63) is 64.4 Å². The molecule has 0 aliphatic carbocycles. The first-order valence-electron chi connectivity index (χ1n) is 7.04. The topological polar surface area (TPSA) is 29.3 Å². The minimum absolute atomic E-state index is 0.106. The van der Waals surface area contributed by atoms with Gasteiger partial charge in [-0.3, -0.25) is 0 Å². The summed E-state index contributed by atoms with van der Waals surface area (Å²) in [5.74, 6) is -0.337. The van der Waals surface area contributed by atoms with Crippen LogP contribution in [0.25, 0.3) is 0 Å². The van der Waals surface area contributed by atoms with Crippen molar-refractivity contribution in [3.8, 4) is 0 Å². The lowest BCUT2D eigenvalue weighted by atomic mass is 10.0. The molecular formula is C17H20ClFN2. The van der Waals surface area contributed by atoms with Crippen LogP contribution in [0.1, 0.15) is 24.1 Å². The second-order valence-electron chi connectivity index (χ2n) is 5.08. The summed E-state index contributed by atoms with van der Waals surface area (Å²) in [6.45, 7) is 5.27. The highest BCUT2D eigenvalue weighted by Crippen LogP contribution is 2.28. The molecule has 2 aromatic carbocycles. The molecule has 0 aromatic heterocycles. The molecule has 4 heteroatoms. The van der Waals surface area contributed by atoms with E-state index in [0.29, 0.717) is 11.6 Å². The molecule has 0 bridgehead atoms. The number of halogens is 2. The molecule has 2 aromatic rings. The van der Waals surface area contributed by atoms with Gasteiger partial charge in [0.05, 0.1) is 6.04 Å². The Morgan fingerprint density at radius 3 is 2.38 bits per heavy atom. The lowest BCUT2D eigenvalue weighted by Gasteiger charge is -2.32. The Morgan fingerprint density at radius 1 is 1.19 bits per heavy atom. The molecule has 1 unspecified atom stereocenters. The quantitative estimate of drug-likeness (QED) is 0.891. The Hall–Kier alpha value is -1.58. The van der Waals surface area contributed by atoms with Gasteiger partial charge in [0.2, 0.25) is 0 Å². The number of nitrogens with zero attached hydrogens (tertiary/aromatic N) is 1. The fourth-order valence-corrected chi connectivity index (χ4v) is 2.76. The van der Waals surface area contributed by atoms with Gasteiger partial charge < -0.3 is 10.6 Å². The zero-order chi connectivity index (χ0) is 15.4. The first kappa shape index (κ1) is 15.8. The summed E-state index contributed by atoms with van der Waals surface area (Å²) in [6, 6.07) is 12.7. The van der Waals surface area contributed by atoms with Crippen LogP contribution in [0, 0.1) is 12.7 Å². The third-order valence-electron chi connectivity index (χ3n) is 3.58. The van der Waals surface area contributed by atoms with Crippen molar-refractivity contribution in [1.82, 2.24) is 0 Å². The van der Waals surface area contributed by atoms with Crippen LogP contribution in [0.4, 0.5) is 10.1 Å². The van der Waals surface area contributed by atoms with Gasteiger partial charge in [0.1, 0.15) is 5.82 Å². The van der Waals surface area contributed by atoms with Crippen molar-refractivity contribution in [1.29, 1.82) is 0 Å². The number of anilines is 1. The summed E-state index contributed by atoms with van der Waals surface area (Å²) in [6.07, 6.45) is 0. The molecule has 0 spiro atoms. The van der Waals surface area contributed by atoms with Crippen molar-refractivity contribution in [2.45, 2.75) is 19.9 Å². The van der Waals surface area contributed by atoms with E-state index < -0.39 is 0 Å². The maximum atomic E-state index is 13.6. The van der Waals surface area contributed by atoms with E-state index in [1.165, 1.54) is 17.7 Å². The molecule has 2 nitrogen and oxygen atoms in total. The summed E-state index contributed by atoms with van der Waals surface area (Å²) in [5, 5.41) is 0.392. The van der Waals surface area contributed by atoms with Gasteiger partial charge in [-0.1, -0.05) is 29.3 Å². The van der Waals surface area contributed by atoms with Gasteiger partial charge >= 0.3 is 0 Å². The Kier molecular flexibility index (Phi) is 5.21. The molecule has 0 saturated heterocycles. The minimum Gasteiger partial charge on any atom is -0.363 e. The van der Waals surface area contributed by atoms with Crippen LogP contribution >= 0.6 is 11.6 Å². The summed E-state index contributed by atoms with van der Waals surface area (Å²) >= 11 is 5.97. The number of hydrogen-bond acceptors (Lipinski definition) is 2. The molecule has 0 saturated carbocycles. The maximum Gasteiger partial charge on any atom is 0.125 e. The summed E-state index contributed by atoms with van der Waals surface area (Å²) in [7, 11) is 0. The van der Waals surface area contributed by atoms with E-state index in [-0.39, 0.29) is 11.9 Å². The van der Waals surface area contributed by atoms with Crippen molar-refractivity contribution in [2.24, 2.45) is 5.73 Å². The summed E-state index contributed by atoms with van der Waals surface area (Å²) < 4.78 is 13.6. The molecule has 0 amide bonds. The van der Waals surface area contributed by atoms with Gasteiger partial charge in [0.25, 0.3) is 0 Å². The van der Waals surface area contributed by atoms with E-state index in [4.69, 9.17) is 17.3 Å². The maximum absolute atomic E-state index is 13.6. The van der Waals surface area contributed by atoms with Crippen molar-refractivity contribution in [3.63, 3.8) is 0 Å². The molecule has 112 valence electrons. The van der Waals surface area contributed by atoms with Crippen molar-refractivity contribution < 1.29 is 4.39 Å². The SMILES string of the molecule is CCN(c1ccc(C)cc1)C(CN)c1cc(F)cc(Cl)c1. The van der Waals surface area contributed by atoms with E-state index in [1.807, 2.05) is 6.92 Å². The summed E-state index contributed by atoms with van der Waals surface area (Å²) in [5.41, 5.74) is 9.01. The molecule has 0 radical (unpaired) electrons. The molecule has 21 heavy (non-hydrogen) atoms. The first-order chi connectivity index (χ1) is 10.0. The zero-order valence-corrected chi connectivity index (χ0v) is 13.1. The monoisotopic (exact) mass is 306 g/mol. The lowest BCUT2D eigenvalue weighted by molar-refractivity contribution is 0.607. The van der Waals surface area contributed by atoms with Crippen LogP contribution in [-0.2, 0) is 0 Å². The van der Waals surface area contributed by atoms with Crippen molar-refractivity contribution in [2.75, 3.05) is 18.0 Å². The standard InChI is InChI=1S/C17H20ClFN2/c1-3-21(16-6-4-12(2)5-7-16)17(11-20)13-8-14(18)10-15(19)9-13/h4-10,17H,3,11,20H2,1-2H3. The van der Waals surface area contributed by atoms with Crippen LogP contribution < -0.4 is 10.6 Å². The van der Waals surface area contributed by atoms with Gasteiger partial charge in [-0.25, -0.2) is 4.39 Å². The Labute approximate surface area is 130 Å². The van der Waals surface area contributed by atoms with E-state index in [9.17, 15) is 4.39 Å². The number of hydrogen-bond donors (Lipinski definition) is 1. The molecule has 0 heterocycles. The molecular weight excluding hydrogens is 287 g/mol. The Balaban J connectivity index is 2.39. The van der Waals surface area contributed by atoms with Gasteiger partial charge in [0, 0.05) is 23.8 Å². The minimum atomic E-state index is -0.337. The molecule has 0 aliphatic heterocycles. The van der Waals surface area contributed by atoms with E-state index in [2.05, 4.69) is 36.1 Å².